The first kappa shape index (κ1) is 15.2. The molecule has 0 bridgehead atoms. The number of nitrogens with one attached hydrogen (secondary N) is 1. The van der Waals surface area contributed by atoms with Gasteiger partial charge in [-0.1, -0.05) is 31.6 Å². The Hall–Kier alpha value is -2.15. The lowest BCUT2D eigenvalue weighted by molar-refractivity contribution is -0.140. The molecule has 0 aliphatic heterocycles. The van der Waals surface area contributed by atoms with Gasteiger partial charge in [0.2, 0.25) is 0 Å². The van der Waals surface area contributed by atoms with Gasteiger partial charge in [-0.2, -0.15) is 0 Å². The Morgan fingerprint density at radius 3 is 2.81 bits per heavy atom. The Bertz CT molecular complexity index is 683. The third-order valence-electron chi connectivity index (χ3n) is 3.43. The first-order valence-electron chi connectivity index (χ1n) is 6.62. The number of amides is 1. The van der Waals surface area contributed by atoms with E-state index in [0.29, 0.717) is 17.1 Å². The fourth-order valence-corrected chi connectivity index (χ4v) is 2.76. The van der Waals surface area contributed by atoms with Crippen molar-refractivity contribution in [1.29, 1.82) is 0 Å². The fourth-order valence-electron chi connectivity index (χ4n) is 1.99. The molecule has 4 N–H and O–H groups in total. The molecule has 0 saturated carbocycles. The summed E-state index contributed by atoms with van der Waals surface area (Å²) in [6.45, 7) is 3.69. The van der Waals surface area contributed by atoms with E-state index in [-0.39, 0.29) is 5.92 Å². The summed E-state index contributed by atoms with van der Waals surface area (Å²) in [6.07, 6.45) is 0.668. The summed E-state index contributed by atoms with van der Waals surface area (Å²) in [5.74, 6) is -1.58. The molecule has 1 heterocycles. The van der Waals surface area contributed by atoms with Crippen LogP contribution in [0.2, 0.25) is 0 Å². The van der Waals surface area contributed by atoms with Gasteiger partial charge in [-0.05, 0) is 24.1 Å². The molecule has 0 aliphatic carbocycles. The quantitative estimate of drug-likeness (QED) is 0.784. The van der Waals surface area contributed by atoms with Crippen LogP contribution in [0.3, 0.4) is 0 Å². The lowest BCUT2D eigenvalue weighted by Gasteiger charge is -2.20. The number of carbonyl (C=O) groups is 2. The normalized spacial score (nSPS) is 13.8. The lowest BCUT2D eigenvalue weighted by Crippen LogP contribution is -2.45. The molecule has 1 aromatic carbocycles. The molecule has 1 aromatic heterocycles. The largest absolute Gasteiger partial charge is 0.480 e. The van der Waals surface area contributed by atoms with Crippen molar-refractivity contribution in [2.24, 2.45) is 5.92 Å². The highest BCUT2D eigenvalue weighted by atomic mass is 32.1. The van der Waals surface area contributed by atoms with E-state index < -0.39 is 17.9 Å². The molecule has 0 fully saturated rings. The van der Waals surface area contributed by atoms with Gasteiger partial charge in [-0.25, -0.2) is 9.78 Å². The zero-order chi connectivity index (χ0) is 15.6. The molecule has 0 aliphatic rings. The van der Waals surface area contributed by atoms with E-state index in [2.05, 4.69) is 10.3 Å². The van der Waals surface area contributed by atoms with Crippen molar-refractivity contribution in [2.45, 2.75) is 26.3 Å². The number of nitrogens with zero attached hydrogens (tertiary/aromatic N) is 1. The van der Waals surface area contributed by atoms with E-state index >= 15 is 0 Å². The predicted molar refractivity (Wildman–Crippen MR) is 82.4 cm³/mol. The van der Waals surface area contributed by atoms with E-state index in [1.807, 2.05) is 6.92 Å². The zero-order valence-electron chi connectivity index (χ0n) is 11.8. The Kier molecular flexibility index (Phi) is 4.42. The number of nitrogen functional groups attached to an aromatic ring is 1. The lowest BCUT2D eigenvalue weighted by atomic mass is 9.99. The van der Waals surface area contributed by atoms with Crippen molar-refractivity contribution >= 4 is 38.6 Å². The minimum Gasteiger partial charge on any atom is -0.480 e. The van der Waals surface area contributed by atoms with Crippen molar-refractivity contribution in [3.8, 4) is 0 Å². The smallest absolute Gasteiger partial charge is 0.326 e. The first-order chi connectivity index (χ1) is 9.92. The number of fused-ring (bicyclic) bond motifs is 1. The summed E-state index contributed by atoms with van der Waals surface area (Å²) < 4.78 is 0.801. The monoisotopic (exact) mass is 307 g/mol. The molecular weight excluding hydrogens is 290 g/mol. The van der Waals surface area contributed by atoms with Gasteiger partial charge < -0.3 is 16.2 Å². The highest BCUT2D eigenvalue weighted by molar-refractivity contribution is 7.22. The van der Waals surface area contributed by atoms with Crippen molar-refractivity contribution in [3.05, 3.63) is 23.8 Å². The molecule has 2 rings (SSSR count). The minimum absolute atomic E-state index is 0.144. The summed E-state index contributed by atoms with van der Waals surface area (Å²) in [5.41, 5.74) is 6.76. The van der Waals surface area contributed by atoms with Gasteiger partial charge in [0, 0.05) is 5.56 Å². The molecule has 1 amide bonds. The van der Waals surface area contributed by atoms with Crippen LogP contribution in [0, 0.1) is 5.92 Å². The van der Waals surface area contributed by atoms with Gasteiger partial charge in [0.1, 0.15) is 6.04 Å². The third-order valence-corrected chi connectivity index (χ3v) is 4.28. The van der Waals surface area contributed by atoms with Crippen molar-refractivity contribution < 1.29 is 14.7 Å². The van der Waals surface area contributed by atoms with Crippen LogP contribution >= 0.6 is 11.3 Å². The number of hydrogen-bond donors (Lipinski definition) is 3. The number of thiazole rings is 1. The summed E-state index contributed by atoms with van der Waals surface area (Å²) in [7, 11) is 0. The molecule has 21 heavy (non-hydrogen) atoms. The number of nitrogens with two attached hydrogens (primary N) is 1. The Labute approximate surface area is 126 Å². The number of carbonyl (C=O) groups excluding carboxylic acids is 1. The van der Waals surface area contributed by atoms with Gasteiger partial charge in [-0.15, -0.1) is 0 Å². The second-order valence-corrected chi connectivity index (χ2v) is 5.97. The second-order valence-electron chi connectivity index (χ2n) is 4.91. The van der Waals surface area contributed by atoms with Crippen molar-refractivity contribution in [2.75, 3.05) is 5.73 Å². The standard InChI is InChI=1S/C14H17N3O3S/c1-3-7(2)11(13(19)20)17-12(18)8-4-5-9-10(6-8)21-14(15)16-9/h4-7,11H,3H2,1-2H3,(H2,15,16)(H,17,18)(H,19,20)/t7-,11-/m0/s1. The summed E-state index contributed by atoms with van der Waals surface area (Å²) >= 11 is 1.29. The van der Waals surface area contributed by atoms with E-state index in [4.69, 9.17) is 5.73 Å². The first-order valence-corrected chi connectivity index (χ1v) is 7.43. The zero-order valence-corrected chi connectivity index (χ0v) is 12.6. The highest BCUT2D eigenvalue weighted by Crippen LogP contribution is 2.24. The maximum atomic E-state index is 12.2. The summed E-state index contributed by atoms with van der Waals surface area (Å²) in [4.78, 5) is 27.6. The molecule has 0 unspecified atom stereocenters. The van der Waals surface area contributed by atoms with E-state index in [1.54, 1.807) is 25.1 Å². The second kappa shape index (κ2) is 6.09. The highest BCUT2D eigenvalue weighted by Gasteiger charge is 2.25. The van der Waals surface area contributed by atoms with Gasteiger partial charge >= 0.3 is 5.97 Å². The molecule has 2 atom stereocenters. The molecule has 0 radical (unpaired) electrons. The van der Waals surface area contributed by atoms with Crippen LogP contribution in [0.25, 0.3) is 10.2 Å². The molecule has 0 saturated heterocycles. The maximum Gasteiger partial charge on any atom is 0.326 e. The van der Waals surface area contributed by atoms with Crippen LogP contribution in [0.15, 0.2) is 18.2 Å². The Balaban J connectivity index is 2.22. The van der Waals surface area contributed by atoms with Crippen LogP contribution < -0.4 is 11.1 Å². The average Bonchev–Trinajstić information content (AvgIpc) is 2.82. The van der Waals surface area contributed by atoms with Crippen LogP contribution in [0.5, 0.6) is 0 Å². The molecule has 0 spiro atoms. The number of rotatable bonds is 5. The molecular formula is C14H17N3O3S. The number of aliphatic carboxylic acids is 1. The third kappa shape index (κ3) is 3.30. The maximum absolute atomic E-state index is 12.2. The number of benzene rings is 1. The van der Waals surface area contributed by atoms with E-state index in [1.165, 1.54) is 11.3 Å². The number of hydrogen-bond acceptors (Lipinski definition) is 5. The minimum atomic E-state index is -1.03. The van der Waals surface area contributed by atoms with E-state index in [0.717, 1.165) is 10.2 Å². The topological polar surface area (TPSA) is 105 Å². The Morgan fingerprint density at radius 1 is 1.48 bits per heavy atom. The molecule has 2 aromatic rings. The van der Waals surface area contributed by atoms with Crippen LogP contribution in [0.4, 0.5) is 5.13 Å². The van der Waals surface area contributed by atoms with Gasteiger partial charge in [-0.3, -0.25) is 4.79 Å². The van der Waals surface area contributed by atoms with Gasteiger partial charge in [0.15, 0.2) is 5.13 Å². The van der Waals surface area contributed by atoms with Crippen LogP contribution in [0.1, 0.15) is 30.6 Å². The predicted octanol–water partition coefficient (Wildman–Crippen LogP) is 2.11. The van der Waals surface area contributed by atoms with Gasteiger partial charge in [0.05, 0.1) is 10.2 Å². The Morgan fingerprint density at radius 2 is 2.19 bits per heavy atom. The van der Waals surface area contributed by atoms with Crippen LogP contribution in [-0.4, -0.2) is 28.0 Å². The van der Waals surface area contributed by atoms with Crippen LogP contribution in [-0.2, 0) is 4.79 Å². The average molecular weight is 307 g/mol. The SMILES string of the molecule is CC[C@H](C)[C@H](NC(=O)c1ccc2nc(N)sc2c1)C(=O)O. The number of carboxylic acids is 1. The van der Waals surface area contributed by atoms with E-state index in [9.17, 15) is 14.7 Å². The molecule has 112 valence electrons. The molecule has 7 heteroatoms. The number of aromatic nitrogens is 1. The van der Waals surface area contributed by atoms with Crippen molar-refractivity contribution in [1.82, 2.24) is 10.3 Å². The summed E-state index contributed by atoms with van der Waals surface area (Å²) in [6, 6.07) is 4.10. The summed E-state index contributed by atoms with van der Waals surface area (Å²) in [5, 5.41) is 12.2. The number of carboxylic acid groups (broad SMARTS) is 1. The fraction of sp³-hybridized carbons (Fsp3) is 0.357. The molecule has 6 nitrogen and oxygen atoms in total. The number of anilines is 1. The van der Waals surface area contributed by atoms with Gasteiger partial charge in [0.25, 0.3) is 5.91 Å². The van der Waals surface area contributed by atoms with Crippen molar-refractivity contribution in [3.63, 3.8) is 0 Å².